The van der Waals surface area contributed by atoms with E-state index >= 15 is 0 Å². The summed E-state index contributed by atoms with van der Waals surface area (Å²) in [6.07, 6.45) is 2.35. The van der Waals surface area contributed by atoms with Gasteiger partial charge in [-0.25, -0.2) is 0 Å². The van der Waals surface area contributed by atoms with Crippen molar-refractivity contribution in [2.45, 2.75) is 26.3 Å². The minimum absolute atomic E-state index is 0.0348. The number of hydrogen-bond acceptors (Lipinski definition) is 5. The predicted octanol–water partition coefficient (Wildman–Crippen LogP) is 4.26. The number of amides is 1. The molecule has 1 fully saturated rings. The van der Waals surface area contributed by atoms with Crippen LogP contribution in [0.1, 0.15) is 34.0 Å². The summed E-state index contributed by atoms with van der Waals surface area (Å²) in [5.41, 5.74) is 4.53. The van der Waals surface area contributed by atoms with Gasteiger partial charge in [-0.3, -0.25) is 19.5 Å². The van der Waals surface area contributed by atoms with Gasteiger partial charge in [0.05, 0.1) is 17.9 Å². The van der Waals surface area contributed by atoms with Crippen molar-refractivity contribution in [3.63, 3.8) is 0 Å². The molecule has 1 saturated heterocycles. The Hall–Kier alpha value is -3.93. The van der Waals surface area contributed by atoms with Crippen molar-refractivity contribution < 1.29 is 19.4 Å². The summed E-state index contributed by atoms with van der Waals surface area (Å²) < 4.78 is 5.55. The Labute approximate surface area is 185 Å². The highest BCUT2D eigenvalue weighted by atomic mass is 16.5. The maximum atomic E-state index is 13.2. The number of fused-ring (bicyclic) bond motifs is 1. The SMILES string of the molecule is Cc1ccc(N2C(=O)C(=O)/C(=C(\O)c3ccc4c(c3)CCO4)C2c2ccccn2)c(C)c1. The molecule has 0 spiro atoms. The highest BCUT2D eigenvalue weighted by molar-refractivity contribution is 6.51. The molecule has 0 bridgehead atoms. The number of aryl methyl sites for hydroxylation is 2. The number of ether oxygens (including phenoxy) is 1. The van der Waals surface area contributed by atoms with Crippen LogP contribution in [-0.4, -0.2) is 28.4 Å². The van der Waals surface area contributed by atoms with Gasteiger partial charge in [-0.1, -0.05) is 23.8 Å². The molecule has 1 atom stereocenters. The van der Waals surface area contributed by atoms with E-state index in [0.717, 1.165) is 28.9 Å². The Kier molecular flexibility index (Phi) is 4.78. The first-order valence-corrected chi connectivity index (χ1v) is 10.5. The molecule has 0 saturated carbocycles. The van der Waals surface area contributed by atoms with E-state index in [1.807, 2.05) is 38.1 Å². The minimum Gasteiger partial charge on any atom is -0.507 e. The van der Waals surface area contributed by atoms with E-state index in [-0.39, 0.29) is 11.3 Å². The number of carbonyl (C=O) groups is 2. The lowest BCUT2D eigenvalue weighted by molar-refractivity contribution is -0.132. The lowest BCUT2D eigenvalue weighted by atomic mass is 9.96. The number of aliphatic hydroxyl groups excluding tert-OH is 1. The van der Waals surface area contributed by atoms with E-state index in [2.05, 4.69) is 4.98 Å². The third-order valence-corrected chi connectivity index (χ3v) is 5.99. The zero-order valence-electron chi connectivity index (χ0n) is 17.8. The lowest BCUT2D eigenvalue weighted by Gasteiger charge is -2.26. The molecule has 3 heterocycles. The van der Waals surface area contributed by atoms with Crippen LogP contribution in [0.4, 0.5) is 5.69 Å². The summed E-state index contributed by atoms with van der Waals surface area (Å²) in [6.45, 7) is 4.46. The Morgan fingerprint density at radius 1 is 1.09 bits per heavy atom. The van der Waals surface area contributed by atoms with Crippen molar-refractivity contribution in [3.05, 3.63) is 94.3 Å². The molecule has 2 aromatic carbocycles. The molecule has 1 unspecified atom stereocenters. The average molecular weight is 426 g/mol. The Morgan fingerprint density at radius 3 is 2.69 bits per heavy atom. The summed E-state index contributed by atoms with van der Waals surface area (Å²) in [5.74, 6) is -0.840. The van der Waals surface area contributed by atoms with Crippen LogP contribution in [0.2, 0.25) is 0 Å². The third kappa shape index (κ3) is 3.15. The maximum absolute atomic E-state index is 13.2. The van der Waals surface area contributed by atoms with E-state index in [1.54, 1.807) is 36.5 Å². The second kappa shape index (κ2) is 7.64. The number of benzene rings is 2. The number of pyridine rings is 1. The number of ketones is 1. The summed E-state index contributed by atoms with van der Waals surface area (Å²) in [4.78, 5) is 32.4. The summed E-state index contributed by atoms with van der Waals surface area (Å²) in [7, 11) is 0. The van der Waals surface area contributed by atoms with Gasteiger partial charge in [0, 0.05) is 23.9 Å². The van der Waals surface area contributed by atoms with E-state index in [1.165, 1.54) is 4.90 Å². The number of aromatic nitrogens is 1. The van der Waals surface area contributed by atoms with E-state index < -0.39 is 17.7 Å². The molecule has 2 aliphatic heterocycles. The van der Waals surface area contributed by atoms with Crippen LogP contribution < -0.4 is 9.64 Å². The molecule has 2 aliphatic rings. The number of carbonyl (C=O) groups excluding carboxylic acids is 2. The number of nitrogens with zero attached hydrogens (tertiary/aromatic N) is 2. The highest BCUT2D eigenvalue weighted by Crippen LogP contribution is 2.43. The Balaban J connectivity index is 1.71. The van der Waals surface area contributed by atoms with Gasteiger partial charge in [0.2, 0.25) is 0 Å². The fourth-order valence-corrected chi connectivity index (χ4v) is 4.46. The number of hydrogen-bond donors (Lipinski definition) is 1. The molecule has 1 aromatic heterocycles. The molecule has 0 radical (unpaired) electrons. The molecule has 1 N–H and O–H groups in total. The van der Waals surface area contributed by atoms with Crippen LogP contribution in [0.3, 0.4) is 0 Å². The summed E-state index contributed by atoms with van der Waals surface area (Å²) in [6, 6.07) is 15.5. The second-order valence-electron chi connectivity index (χ2n) is 8.13. The second-order valence-corrected chi connectivity index (χ2v) is 8.13. The van der Waals surface area contributed by atoms with Gasteiger partial charge in [-0.2, -0.15) is 0 Å². The van der Waals surface area contributed by atoms with Crippen LogP contribution in [-0.2, 0) is 16.0 Å². The average Bonchev–Trinajstić information content (AvgIpc) is 3.36. The van der Waals surface area contributed by atoms with E-state index in [9.17, 15) is 14.7 Å². The van der Waals surface area contributed by atoms with Gasteiger partial charge in [-0.05, 0) is 61.4 Å². The van der Waals surface area contributed by atoms with E-state index in [0.29, 0.717) is 23.6 Å². The normalized spacial score (nSPS) is 19.2. The molecular formula is C26H22N2O4. The molecule has 6 heteroatoms. The van der Waals surface area contributed by atoms with Gasteiger partial charge >= 0.3 is 0 Å². The summed E-state index contributed by atoms with van der Waals surface area (Å²) in [5, 5.41) is 11.3. The molecule has 0 aliphatic carbocycles. The molecule has 160 valence electrons. The smallest absolute Gasteiger partial charge is 0.300 e. The molecule has 3 aromatic rings. The van der Waals surface area contributed by atoms with Crippen molar-refractivity contribution in [1.82, 2.24) is 4.98 Å². The van der Waals surface area contributed by atoms with E-state index in [4.69, 9.17) is 4.74 Å². The number of aliphatic hydroxyl groups is 1. The van der Waals surface area contributed by atoms with Gasteiger partial charge in [-0.15, -0.1) is 0 Å². The maximum Gasteiger partial charge on any atom is 0.300 e. The quantitative estimate of drug-likeness (QED) is 0.385. The first kappa shape index (κ1) is 20.0. The Bertz CT molecular complexity index is 1280. The lowest BCUT2D eigenvalue weighted by Crippen LogP contribution is -2.30. The highest BCUT2D eigenvalue weighted by Gasteiger charge is 2.48. The molecule has 1 amide bonds. The number of Topliss-reactive ketones (excluding diaryl/α,β-unsaturated/α-hetero) is 1. The van der Waals surface area contributed by atoms with Crippen molar-refractivity contribution in [2.24, 2.45) is 0 Å². The summed E-state index contributed by atoms with van der Waals surface area (Å²) >= 11 is 0. The zero-order valence-corrected chi connectivity index (χ0v) is 17.8. The van der Waals surface area contributed by atoms with Gasteiger partial charge < -0.3 is 9.84 Å². The van der Waals surface area contributed by atoms with Crippen molar-refractivity contribution >= 4 is 23.1 Å². The molecule has 6 nitrogen and oxygen atoms in total. The zero-order chi connectivity index (χ0) is 22.4. The number of rotatable bonds is 3. The van der Waals surface area contributed by atoms with Crippen LogP contribution in [0.5, 0.6) is 5.75 Å². The minimum atomic E-state index is -0.831. The fraction of sp³-hybridized carbons (Fsp3) is 0.192. The van der Waals surface area contributed by atoms with Crippen LogP contribution in [0, 0.1) is 13.8 Å². The molecular weight excluding hydrogens is 404 g/mol. The van der Waals surface area contributed by atoms with Gasteiger partial charge in [0.1, 0.15) is 17.6 Å². The third-order valence-electron chi connectivity index (χ3n) is 5.99. The fourth-order valence-electron chi connectivity index (χ4n) is 4.46. The standard InChI is InChI=1S/C26H22N2O4/c1-15-6-8-20(16(2)13-15)28-23(19-5-3-4-11-27-19)22(25(30)26(28)31)24(29)18-7-9-21-17(14-18)10-12-32-21/h3-9,11,13-14,23,29H,10,12H2,1-2H3/b24-22-. The topological polar surface area (TPSA) is 79.7 Å². The monoisotopic (exact) mass is 426 g/mol. The van der Waals surface area contributed by atoms with Crippen LogP contribution in [0.25, 0.3) is 5.76 Å². The number of anilines is 1. The van der Waals surface area contributed by atoms with Crippen molar-refractivity contribution in [1.29, 1.82) is 0 Å². The predicted molar refractivity (Wildman–Crippen MR) is 121 cm³/mol. The Morgan fingerprint density at radius 2 is 1.94 bits per heavy atom. The first-order chi connectivity index (χ1) is 15.5. The largest absolute Gasteiger partial charge is 0.507 e. The van der Waals surface area contributed by atoms with Gasteiger partial charge in [0.15, 0.2) is 0 Å². The van der Waals surface area contributed by atoms with Crippen LogP contribution >= 0.6 is 0 Å². The molecule has 32 heavy (non-hydrogen) atoms. The van der Waals surface area contributed by atoms with Crippen LogP contribution in [0.15, 0.2) is 66.4 Å². The molecule has 5 rings (SSSR count). The van der Waals surface area contributed by atoms with Crippen molar-refractivity contribution in [3.8, 4) is 5.75 Å². The van der Waals surface area contributed by atoms with Gasteiger partial charge in [0.25, 0.3) is 11.7 Å². The van der Waals surface area contributed by atoms with Crippen molar-refractivity contribution in [2.75, 3.05) is 11.5 Å². The first-order valence-electron chi connectivity index (χ1n) is 10.5.